The Morgan fingerprint density at radius 3 is 2.17 bits per heavy atom. The van der Waals surface area contributed by atoms with E-state index in [0.29, 0.717) is 6.42 Å². The van der Waals surface area contributed by atoms with Gasteiger partial charge in [-0.2, -0.15) is 27.0 Å². The zero-order valence-electron chi connectivity index (χ0n) is 15.1. The number of aliphatic hydroxyl groups is 1. The predicted octanol–water partition coefficient (Wildman–Crippen LogP) is 3.73. The van der Waals surface area contributed by atoms with Crippen LogP contribution in [0.3, 0.4) is 0 Å². The standard InChI is InChI=1S/C18H33NO3.2H2S/c1-2-3-4-5-6-7-8-11-15(20)14-18(22)19-16-12-9-10-13-17(16)21;;/h16-17,21H,2-14H2,1H3,(H,19,22);2*1H2/t16-,17-;;/m0../s1. The number of carbonyl (C=O) groups excluding carboxylic acids is 2. The van der Waals surface area contributed by atoms with Gasteiger partial charge in [0.1, 0.15) is 5.78 Å². The smallest absolute Gasteiger partial charge is 0.227 e. The van der Waals surface area contributed by atoms with Crippen molar-refractivity contribution in [2.75, 3.05) is 0 Å². The summed E-state index contributed by atoms with van der Waals surface area (Å²) in [5.74, 6) is -0.199. The Labute approximate surface area is 161 Å². The van der Waals surface area contributed by atoms with Gasteiger partial charge in [-0.15, -0.1) is 0 Å². The number of aliphatic hydroxyl groups excluding tert-OH is 1. The molecule has 24 heavy (non-hydrogen) atoms. The molecule has 0 radical (unpaired) electrons. The van der Waals surface area contributed by atoms with Gasteiger partial charge in [-0.25, -0.2) is 0 Å². The second-order valence-electron chi connectivity index (χ2n) is 6.61. The van der Waals surface area contributed by atoms with Crippen molar-refractivity contribution in [1.29, 1.82) is 0 Å². The second-order valence-corrected chi connectivity index (χ2v) is 6.61. The molecule has 2 atom stereocenters. The van der Waals surface area contributed by atoms with Crippen LogP contribution in [0.25, 0.3) is 0 Å². The highest BCUT2D eigenvalue weighted by atomic mass is 32.1. The van der Waals surface area contributed by atoms with E-state index >= 15 is 0 Å². The first-order valence-corrected chi connectivity index (χ1v) is 9.12. The predicted molar refractivity (Wildman–Crippen MR) is 109 cm³/mol. The van der Waals surface area contributed by atoms with Crippen LogP contribution >= 0.6 is 27.0 Å². The molecule has 1 rings (SSSR count). The summed E-state index contributed by atoms with van der Waals surface area (Å²) in [5, 5.41) is 12.6. The van der Waals surface area contributed by atoms with Crippen molar-refractivity contribution < 1.29 is 14.7 Å². The highest BCUT2D eigenvalue weighted by Gasteiger charge is 2.24. The Balaban J connectivity index is 0. The van der Waals surface area contributed by atoms with E-state index in [4.69, 9.17) is 0 Å². The first kappa shape index (κ1) is 26.0. The van der Waals surface area contributed by atoms with Crippen molar-refractivity contribution in [2.45, 2.75) is 103 Å². The van der Waals surface area contributed by atoms with Crippen molar-refractivity contribution >= 4 is 38.7 Å². The Morgan fingerprint density at radius 1 is 0.958 bits per heavy atom. The molecule has 6 heteroatoms. The van der Waals surface area contributed by atoms with Gasteiger partial charge in [-0.3, -0.25) is 9.59 Å². The molecule has 0 aliphatic heterocycles. The molecular formula is C18H37NO3S2. The molecule has 0 unspecified atom stereocenters. The molecule has 144 valence electrons. The molecule has 1 aliphatic carbocycles. The molecule has 0 aromatic rings. The molecule has 4 nitrogen and oxygen atoms in total. The number of unbranched alkanes of at least 4 members (excludes halogenated alkanes) is 6. The van der Waals surface area contributed by atoms with E-state index in [-0.39, 0.29) is 51.1 Å². The number of nitrogens with one attached hydrogen (secondary N) is 1. The number of amides is 1. The number of carbonyl (C=O) groups is 2. The van der Waals surface area contributed by atoms with Gasteiger partial charge in [0.2, 0.25) is 5.91 Å². The fourth-order valence-electron chi connectivity index (χ4n) is 3.08. The van der Waals surface area contributed by atoms with Crippen molar-refractivity contribution in [3.8, 4) is 0 Å². The van der Waals surface area contributed by atoms with Gasteiger partial charge in [0.15, 0.2) is 0 Å². The van der Waals surface area contributed by atoms with E-state index in [0.717, 1.165) is 38.5 Å². The lowest BCUT2D eigenvalue weighted by Gasteiger charge is -2.28. The van der Waals surface area contributed by atoms with Crippen molar-refractivity contribution in [2.24, 2.45) is 0 Å². The molecule has 0 heterocycles. The maximum absolute atomic E-state index is 11.8. The quantitative estimate of drug-likeness (QED) is 0.424. The molecule has 1 saturated carbocycles. The average Bonchev–Trinajstić information content (AvgIpc) is 2.48. The Morgan fingerprint density at radius 2 is 1.54 bits per heavy atom. The number of Topliss-reactive ketones (excluding diaryl/α,β-unsaturated/α-hetero) is 1. The third-order valence-corrected chi connectivity index (χ3v) is 4.49. The summed E-state index contributed by atoms with van der Waals surface area (Å²) in [6, 6.07) is -0.160. The van der Waals surface area contributed by atoms with Gasteiger partial charge in [-0.1, -0.05) is 58.3 Å². The zero-order chi connectivity index (χ0) is 16.2. The zero-order valence-corrected chi connectivity index (χ0v) is 17.1. The minimum atomic E-state index is -0.448. The minimum Gasteiger partial charge on any atom is -0.391 e. The highest BCUT2D eigenvalue weighted by Crippen LogP contribution is 2.18. The van der Waals surface area contributed by atoms with E-state index in [9.17, 15) is 14.7 Å². The van der Waals surface area contributed by atoms with Gasteiger partial charge < -0.3 is 10.4 Å². The van der Waals surface area contributed by atoms with Crippen LogP contribution in [-0.2, 0) is 9.59 Å². The van der Waals surface area contributed by atoms with Crippen LogP contribution < -0.4 is 5.32 Å². The van der Waals surface area contributed by atoms with Crippen molar-refractivity contribution in [1.82, 2.24) is 5.32 Å². The molecule has 1 amide bonds. The summed E-state index contributed by atoms with van der Waals surface area (Å²) in [5.41, 5.74) is 0. The van der Waals surface area contributed by atoms with Crippen molar-refractivity contribution in [3.63, 3.8) is 0 Å². The van der Waals surface area contributed by atoms with Crippen LogP contribution in [0.5, 0.6) is 0 Å². The summed E-state index contributed by atoms with van der Waals surface area (Å²) in [6.45, 7) is 2.20. The molecular weight excluding hydrogens is 342 g/mol. The van der Waals surface area contributed by atoms with E-state index in [1.165, 1.54) is 32.1 Å². The molecule has 0 saturated heterocycles. The average molecular weight is 380 g/mol. The lowest BCUT2D eigenvalue weighted by Crippen LogP contribution is -2.45. The lowest BCUT2D eigenvalue weighted by atomic mass is 9.92. The van der Waals surface area contributed by atoms with Crippen LogP contribution in [0.4, 0.5) is 0 Å². The monoisotopic (exact) mass is 379 g/mol. The molecule has 0 spiro atoms. The maximum atomic E-state index is 11.8. The summed E-state index contributed by atoms with van der Waals surface area (Å²) in [7, 11) is 0. The van der Waals surface area contributed by atoms with E-state index in [1.54, 1.807) is 0 Å². The SMILES string of the molecule is CCCCCCCCCC(=O)CC(=O)N[C@H]1CCCC[C@@H]1O.S.S. The highest BCUT2D eigenvalue weighted by molar-refractivity contribution is 7.59. The Hall–Kier alpha value is -0.200. The largest absolute Gasteiger partial charge is 0.391 e. The van der Waals surface area contributed by atoms with Crippen LogP contribution in [-0.4, -0.2) is 28.9 Å². The molecule has 0 aromatic heterocycles. The van der Waals surface area contributed by atoms with Crippen LogP contribution in [0.15, 0.2) is 0 Å². The molecule has 1 fully saturated rings. The first-order chi connectivity index (χ1) is 10.6. The second kappa shape index (κ2) is 16.3. The van der Waals surface area contributed by atoms with Crippen LogP contribution in [0.1, 0.15) is 90.4 Å². The normalized spacial score (nSPS) is 19.8. The topological polar surface area (TPSA) is 66.4 Å². The molecule has 0 bridgehead atoms. The van der Waals surface area contributed by atoms with Crippen LogP contribution in [0, 0.1) is 0 Å². The number of rotatable bonds is 11. The summed E-state index contributed by atoms with van der Waals surface area (Å²) >= 11 is 0. The summed E-state index contributed by atoms with van der Waals surface area (Å²) < 4.78 is 0. The molecule has 0 aromatic carbocycles. The summed E-state index contributed by atoms with van der Waals surface area (Å²) in [4.78, 5) is 23.6. The fourth-order valence-corrected chi connectivity index (χ4v) is 3.08. The third kappa shape index (κ3) is 12.2. The van der Waals surface area contributed by atoms with Crippen LogP contribution in [0.2, 0.25) is 0 Å². The molecule has 2 N–H and O–H groups in total. The first-order valence-electron chi connectivity index (χ1n) is 9.12. The Kier molecular flexibility index (Phi) is 17.7. The van der Waals surface area contributed by atoms with E-state index < -0.39 is 6.10 Å². The Bertz CT molecular complexity index is 340. The number of hydrogen-bond donors (Lipinski definition) is 2. The third-order valence-electron chi connectivity index (χ3n) is 4.49. The van der Waals surface area contributed by atoms with Gasteiger partial charge in [0.05, 0.1) is 18.6 Å². The minimum absolute atomic E-state index is 0. The van der Waals surface area contributed by atoms with Gasteiger partial charge in [0.25, 0.3) is 0 Å². The van der Waals surface area contributed by atoms with E-state index in [1.807, 2.05) is 0 Å². The fraction of sp³-hybridized carbons (Fsp3) is 0.889. The van der Waals surface area contributed by atoms with E-state index in [2.05, 4.69) is 12.2 Å². The molecule has 1 aliphatic rings. The lowest BCUT2D eigenvalue weighted by molar-refractivity contribution is -0.129. The summed E-state index contributed by atoms with van der Waals surface area (Å²) in [6.07, 6.45) is 11.9. The maximum Gasteiger partial charge on any atom is 0.227 e. The van der Waals surface area contributed by atoms with Gasteiger partial charge >= 0.3 is 0 Å². The van der Waals surface area contributed by atoms with Crippen molar-refractivity contribution in [3.05, 3.63) is 0 Å². The van der Waals surface area contributed by atoms with Gasteiger partial charge in [0, 0.05) is 6.42 Å². The number of hydrogen-bond acceptors (Lipinski definition) is 3. The number of ketones is 1. The van der Waals surface area contributed by atoms with Gasteiger partial charge in [-0.05, 0) is 19.3 Å².